The van der Waals surface area contributed by atoms with Crippen LogP contribution in [-0.4, -0.2) is 6.18 Å². The zero-order valence-corrected chi connectivity index (χ0v) is 9.91. The molecule has 0 saturated carbocycles. The Hall–Kier alpha value is -0.210. The molecule has 0 N–H and O–H groups in total. The van der Waals surface area contributed by atoms with Gasteiger partial charge in [0.2, 0.25) is 0 Å². The lowest BCUT2D eigenvalue weighted by molar-refractivity contribution is -0.187. The van der Waals surface area contributed by atoms with Crippen LogP contribution in [0, 0.1) is 11.8 Å². The average molecular weight is 212 g/mol. The maximum Gasteiger partial charge on any atom is 0.392 e. The van der Waals surface area contributed by atoms with Crippen LogP contribution in [0.15, 0.2) is 0 Å². The first-order valence-corrected chi connectivity index (χ1v) is 5.46. The van der Waals surface area contributed by atoms with E-state index in [1.54, 1.807) is 13.8 Å². The molecular weight excluding hydrogens is 189 g/mol. The van der Waals surface area contributed by atoms with Gasteiger partial charge in [0.25, 0.3) is 0 Å². The van der Waals surface area contributed by atoms with Gasteiger partial charge in [0.05, 0.1) is 5.92 Å². The fourth-order valence-electron chi connectivity index (χ4n) is 1.30. The lowest BCUT2D eigenvalue weighted by Gasteiger charge is -2.23. The average Bonchev–Trinajstić information content (AvgIpc) is 2.05. The van der Waals surface area contributed by atoms with Gasteiger partial charge in [-0.25, -0.2) is 0 Å². The van der Waals surface area contributed by atoms with Crippen molar-refractivity contribution in [1.82, 2.24) is 0 Å². The fraction of sp³-hybridized carbons (Fsp3) is 1.00. The van der Waals surface area contributed by atoms with Gasteiger partial charge >= 0.3 is 6.18 Å². The second kappa shape index (κ2) is 8.13. The largest absolute Gasteiger partial charge is 0.392 e. The molecule has 0 rings (SSSR count). The minimum Gasteiger partial charge on any atom is -0.171 e. The predicted molar refractivity (Wildman–Crippen MR) is 55.3 cm³/mol. The van der Waals surface area contributed by atoms with Crippen LogP contribution in [0.2, 0.25) is 0 Å². The van der Waals surface area contributed by atoms with E-state index in [1.165, 1.54) is 0 Å². The van der Waals surface area contributed by atoms with E-state index < -0.39 is 12.1 Å². The molecule has 0 saturated heterocycles. The monoisotopic (exact) mass is 212 g/mol. The first kappa shape index (κ1) is 16.2. The van der Waals surface area contributed by atoms with Crippen LogP contribution >= 0.6 is 0 Å². The number of halogens is 3. The summed E-state index contributed by atoms with van der Waals surface area (Å²) in [5.74, 6) is -1.41. The van der Waals surface area contributed by atoms with Gasteiger partial charge in [-0.1, -0.05) is 47.5 Å². The molecule has 0 spiro atoms. The van der Waals surface area contributed by atoms with E-state index in [9.17, 15) is 13.2 Å². The van der Waals surface area contributed by atoms with Gasteiger partial charge in [0.1, 0.15) is 0 Å². The molecule has 1 unspecified atom stereocenters. The number of hydrogen-bond acceptors (Lipinski definition) is 0. The molecule has 0 aliphatic rings. The number of rotatable bonds is 4. The quantitative estimate of drug-likeness (QED) is 0.612. The second-order valence-corrected chi connectivity index (χ2v) is 3.53. The van der Waals surface area contributed by atoms with Crippen molar-refractivity contribution in [3.8, 4) is 0 Å². The van der Waals surface area contributed by atoms with E-state index in [2.05, 4.69) is 0 Å². The lowest BCUT2D eigenvalue weighted by Crippen LogP contribution is -2.27. The Balaban J connectivity index is 0. The van der Waals surface area contributed by atoms with Gasteiger partial charge in [0.15, 0.2) is 0 Å². The van der Waals surface area contributed by atoms with Crippen molar-refractivity contribution in [3.05, 3.63) is 0 Å². The van der Waals surface area contributed by atoms with Gasteiger partial charge in [-0.3, -0.25) is 0 Å². The standard InChI is InChI=1S/C9H17F3.C2H6/c1-4-5-6-8(7(2)3)9(10,11)12;1-2/h7-8H,4-6H2,1-3H3;1-2H3. The number of hydrogen-bond donors (Lipinski definition) is 0. The second-order valence-electron chi connectivity index (χ2n) is 3.53. The molecule has 0 heterocycles. The molecular formula is C11H23F3. The third-order valence-electron chi connectivity index (χ3n) is 2.09. The summed E-state index contributed by atoms with van der Waals surface area (Å²) in [6, 6.07) is 0. The summed E-state index contributed by atoms with van der Waals surface area (Å²) in [6.45, 7) is 9.18. The lowest BCUT2D eigenvalue weighted by atomic mass is 9.90. The highest BCUT2D eigenvalue weighted by atomic mass is 19.4. The summed E-state index contributed by atoms with van der Waals surface area (Å²) < 4.78 is 36.9. The molecule has 88 valence electrons. The topological polar surface area (TPSA) is 0 Å². The van der Waals surface area contributed by atoms with Crippen LogP contribution in [-0.2, 0) is 0 Å². The predicted octanol–water partition coefficient (Wildman–Crippen LogP) is 5.04. The first-order valence-electron chi connectivity index (χ1n) is 5.46. The van der Waals surface area contributed by atoms with E-state index in [-0.39, 0.29) is 12.3 Å². The highest BCUT2D eigenvalue weighted by Crippen LogP contribution is 2.35. The van der Waals surface area contributed by atoms with Crippen molar-refractivity contribution in [2.45, 2.75) is 60.1 Å². The number of unbranched alkanes of at least 4 members (excludes halogenated alkanes) is 1. The third kappa shape index (κ3) is 7.22. The van der Waals surface area contributed by atoms with Crippen molar-refractivity contribution in [1.29, 1.82) is 0 Å². The molecule has 1 atom stereocenters. The molecule has 0 amide bonds. The molecule has 0 aliphatic heterocycles. The Kier molecular flexibility index (Phi) is 9.42. The summed E-state index contributed by atoms with van der Waals surface area (Å²) in [6.07, 6.45) is -2.23. The van der Waals surface area contributed by atoms with Crippen LogP contribution in [0.3, 0.4) is 0 Å². The van der Waals surface area contributed by atoms with Gasteiger partial charge in [-0.15, -0.1) is 0 Å². The van der Waals surface area contributed by atoms with Crippen molar-refractivity contribution >= 4 is 0 Å². The van der Waals surface area contributed by atoms with Crippen molar-refractivity contribution in [2.24, 2.45) is 11.8 Å². The van der Waals surface area contributed by atoms with Gasteiger partial charge in [-0.05, 0) is 12.3 Å². The smallest absolute Gasteiger partial charge is 0.171 e. The number of alkyl halides is 3. The van der Waals surface area contributed by atoms with Crippen molar-refractivity contribution in [3.63, 3.8) is 0 Å². The fourth-order valence-corrected chi connectivity index (χ4v) is 1.30. The molecule has 0 aliphatic carbocycles. The Bertz CT molecular complexity index is 116. The van der Waals surface area contributed by atoms with Crippen molar-refractivity contribution < 1.29 is 13.2 Å². The Labute approximate surface area is 85.9 Å². The van der Waals surface area contributed by atoms with Crippen molar-refractivity contribution in [2.75, 3.05) is 0 Å². The Morgan fingerprint density at radius 3 is 1.71 bits per heavy atom. The zero-order valence-electron chi connectivity index (χ0n) is 9.91. The van der Waals surface area contributed by atoms with E-state index in [4.69, 9.17) is 0 Å². The SMILES string of the molecule is CC.CCCCC(C(C)C)C(F)(F)F. The maximum absolute atomic E-state index is 12.3. The first-order chi connectivity index (χ1) is 6.39. The van der Waals surface area contributed by atoms with E-state index in [1.807, 2.05) is 20.8 Å². The summed E-state index contributed by atoms with van der Waals surface area (Å²) in [5, 5.41) is 0. The van der Waals surface area contributed by atoms with Crippen LogP contribution in [0.1, 0.15) is 53.9 Å². The molecule has 14 heavy (non-hydrogen) atoms. The summed E-state index contributed by atoms with van der Waals surface area (Å²) in [5.41, 5.74) is 0. The molecule has 3 heteroatoms. The van der Waals surface area contributed by atoms with Gasteiger partial charge in [0, 0.05) is 0 Å². The minimum atomic E-state index is -4.01. The van der Waals surface area contributed by atoms with Crippen LogP contribution in [0.25, 0.3) is 0 Å². The van der Waals surface area contributed by atoms with Crippen LogP contribution in [0.4, 0.5) is 13.2 Å². The molecule has 0 aromatic heterocycles. The Morgan fingerprint density at radius 2 is 1.50 bits per heavy atom. The molecule has 0 aromatic rings. The summed E-state index contributed by atoms with van der Waals surface area (Å²) in [7, 11) is 0. The van der Waals surface area contributed by atoms with Gasteiger partial charge < -0.3 is 0 Å². The van der Waals surface area contributed by atoms with Crippen LogP contribution in [0.5, 0.6) is 0 Å². The molecule has 0 nitrogen and oxygen atoms in total. The highest BCUT2D eigenvalue weighted by molar-refractivity contribution is 4.70. The van der Waals surface area contributed by atoms with Gasteiger partial charge in [-0.2, -0.15) is 13.2 Å². The molecule has 0 bridgehead atoms. The summed E-state index contributed by atoms with van der Waals surface area (Å²) in [4.78, 5) is 0. The van der Waals surface area contributed by atoms with E-state index in [0.717, 1.165) is 6.42 Å². The zero-order chi connectivity index (χ0) is 11.8. The molecule has 0 fully saturated rings. The van der Waals surface area contributed by atoms with E-state index in [0.29, 0.717) is 6.42 Å². The molecule has 0 radical (unpaired) electrons. The summed E-state index contributed by atoms with van der Waals surface area (Å²) >= 11 is 0. The Morgan fingerprint density at radius 1 is 1.07 bits per heavy atom. The highest BCUT2D eigenvalue weighted by Gasteiger charge is 2.40. The molecule has 0 aromatic carbocycles. The normalized spacial score (nSPS) is 13.5. The van der Waals surface area contributed by atoms with E-state index >= 15 is 0 Å². The van der Waals surface area contributed by atoms with Crippen LogP contribution < -0.4 is 0 Å². The third-order valence-corrected chi connectivity index (χ3v) is 2.09. The minimum absolute atomic E-state index is 0.275. The maximum atomic E-state index is 12.3.